The van der Waals surface area contributed by atoms with Crippen LogP contribution in [0.3, 0.4) is 0 Å². The molecule has 7 heteroatoms. The quantitative estimate of drug-likeness (QED) is 0.754. The van der Waals surface area contributed by atoms with Crippen molar-refractivity contribution < 1.29 is 4.74 Å². The van der Waals surface area contributed by atoms with Gasteiger partial charge in [0, 0.05) is 18.3 Å². The van der Waals surface area contributed by atoms with Crippen molar-refractivity contribution in [3.05, 3.63) is 41.9 Å². The number of ether oxygens (including phenoxy) is 1. The third kappa shape index (κ3) is 10.6. The zero-order valence-electron chi connectivity index (χ0n) is 20.3. The molecule has 2 aliphatic rings. The summed E-state index contributed by atoms with van der Waals surface area (Å²) in [5.74, 6) is 1.26. The number of hydrogen-bond acceptors (Lipinski definition) is 7. The average Bonchev–Trinajstić information content (AvgIpc) is 2.85. The molecule has 0 amide bonds. The lowest BCUT2D eigenvalue weighted by molar-refractivity contribution is 0.155. The Labute approximate surface area is 188 Å². The Bertz CT molecular complexity index is 665. The first-order chi connectivity index (χ1) is 15.2. The molecule has 2 aromatic rings. The van der Waals surface area contributed by atoms with Gasteiger partial charge < -0.3 is 15.4 Å². The molecule has 0 aromatic carbocycles. The van der Waals surface area contributed by atoms with Gasteiger partial charge in [-0.25, -0.2) is 4.98 Å². The minimum absolute atomic E-state index is 0.299. The fraction of sp³-hybridized carbons (Fsp3) is 0.667. The van der Waals surface area contributed by atoms with Crippen LogP contribution in [-0.2, 0) is 0 Å². The monoisotopic (exact) mass is 430 g/mol. The second-order valence-corrected chi connectivity index (χ2v) is 7.17. The number of piperidine rings is 2. The minimum atomic E-state index is 0.299. The number of rotatable bonds is 3. The van der Waals surface area contributed by atoms with E-state index in [1.165, 1.54) is 12.8 Å². The first-order valence-electron chi connectivity index (χ1n) is 11.9. The highest BCUT2D eigenvalue weighted by atomic mass is 16.5. The van der Waals surface area contributed by atoms with Gasteiger partial charge in [-0.2, -0.15) is 0 Å². The van der Waals surface area contributed by atoms with Gasteiger partial charge in [-0.3, -0.25) is 15.0 Å². The third-order valence-electron chi connectivity index (χ3n) is 4.89. The average molecular weight is 431 g/mol. The largest absolute Gasteiger partial charge is 0.473 e. The Morgan fingerprint density at radius 1 is 0.677 bits per heavy atom. The lowest BCUT2D eigenvalue weighted by Gasteiger charge is -2.22. The van der Waals surface area contributed by atoms with Crippen molar-refractivity contribution in [3.63, 3.8) is 0 Å². The summed E-state index contributed by atoms with van der Waals surface area (Å²) in [4.78, 5) is 17.0. The Morgan fingerprint density at radius 3 is 1.68 bits per heavy atom. The molecule has 174 valence electrons. The molecule has 2 aromatic heterocycles. The molecular formula is C24H42N6O. The van der Waals surface area contributed by atoms with Crippen LogP contribution in [0.4, 0.5) is 0 Å². The van der Waals surface area contributed by atoms with E-state index in [1.807, 2.05) is 53.9 Å². The molecule has 2 fully saturated rings. The molecule has 7 nitrogen and oxygen atoms in total. The second-order valence-electron chi connectivity index (χ2n) is 7.17. The molecular weight excluding hydrogens is 388 g/mol. The standard InChI is InChI=1S/C10H15N3O.C10H15N3.2C2H6/c1-8-6-13-10(7-12-8)14-9-2-4-11-5-3-9;1-8-6-13-10(7-12-8)9-2-4-11-5-3-9;2*1-2/h6-7,9,11H,2-5H2,1H3;6-7,9,11H,2-5H2,1H3;2*1-2H3. The molecule has 0 radical (unpaired) electrons. The summed E-state index contributed by atoms with van der Waals surface area (Å²) in [7, 11) is 0. The van der Waals surface area contributed by atoms with Gasteiger partial charge in [0.15, 0.2) is 0 Å². The summed E-state index contributed by atoms with van der Waals surface area (Å²) in [5.41, 5.74) is 3.08. The van der Waals surface area contributed by atoms with Gasteiger partial charge in [0.2, 0.25) is 5.88 Å². The van der Waals surface area contributed by atoms with Crippen molar-refractivity contribution in [2.75, 3.05) is 26.2 Å². The van der Waals surface area contributed by atoms with Gasteiger partial charge in [-0.15, -0.1) is 0 Å². The first-order valence-corrected chi connectivity index (χ1v) is 11.9. The van der Waals surface area contributed by atoms with Crippen molar-refractivity contribution >= 4 is 0 Å². The van der Waals surface area contributed by atoms with Crippen LogP contribution in [0.15, 0.2) is 24.8 Å². The van der Waals surface area contributed by atoms with Crippen LogP contribution in [0.2, 0.25) is 0 Å². The van der Waals surface area contributed by atoms with Crippen LogP contribution in [0, 0.1) is 13.8 Å². The smallest absolute Gasteiger partial charge is 0.232 e. The predicted octanol–water partition coefficient (Wildman–Crippen LogP) is 4.22. The predicted molar refractivity (Wildman–Crippen MR) is 128 cm³/mol. The topological polar surface area (TPSA) is 84.9 Å². The molecule has 31 heavy (non-hydrogen) atoms. The van der Waals surface area contributed by atoms with Crippen molar-refractivity contribution in [3.8, 4) is 5.88 Å². The SMILES string of the molecule is CC.CC.Cc1cnc(C2CCNCC2)cn1.Cc1cnc(OC2CCNCC2)cn1. The van der Waals surface area contributed by atoms with Crippen LogP contribution in [-0.4, -0.2) is 52.2 Å². The molecule has 2 saturated heterocycles. The zero-order chi connectivity index (χ0) is 22.9. The highest BCUT2D eigenvalue weighted by Gasteiger charge is 2.16. The number of aromatic nitrogens is 4. The molecule has 0 unspecified atom stereocenters. The minimum Gasteiger partial charge on any atom is -0.473 e. The first kappa shape index (κ1) is 26.9. The Hall–Kier alpha value is -2.12. The number of nitrogens with one attached hydrogen (secondary N) is 2. The van der Waals surface area contributed by atoms with Crippen molar-refractivity contribution in [2.45, 2.75) is 79.2 Å². The Balaban J connectivity index is 0.000000268. The van der Waals surface area contributed by atoms with E-state index >= 15 is 0 Å². The summed E-state index contributed by atoms with van der Waals surface area (Å²) in [6.07, 6.45) is 12.0. The maximum Gasteiger partial charge on any atom is 0.232 e. The van der Waals surface area contributed by atoms with Gasteiger partial charge in [0.25, 0.3) is 0 Å². The summed E-state index contributed by atoms with van der Waals surface area (Å²) in [5, 5.41) is 6.64. The molecule has 0 aliphatic carbocycles. The normalized spacial score (nSPS) is 16.5. The number of hydrogen-bond donors (Lipinski definition) is 2. The molecule has 2 N–H and O–H groups in total. The van der Waals surface area contributed by atoms with Crippen LogP contribution in [0.1, 0.15) is 76.4 Å². The van der Waals surface area contributed by atoms with E-state index < -0.39 is 0 Å². The van der Waals surface area contributed by atoms with Gasteiger partial charge in [-0.1, -0.05) is 27.7 Å². The molecule has 2 aliphatic heterocycles. The van der Waals surface area contributed by atoms with Crippen LogP contribution >= 0.6 is 0 Å². The second kappa shape index (κ2) is 16.6. The molecule has 4 rings (SSSR count). The van der Waals surface area contributed by atoms with E-state index in [9.17, 15) is 0 Å². The van der Waals surface area contributed by atoms with E-state index in [0.717, 1.165) is 56.1 Å². The molecule has 0 saturated carbocycles. The third-order valence-corrected chi connectivity index (χ3v) is 4.89. The molecule has 0 bridgehead atoms. The summed E-state index contributed by atoms with van der Waals surface area (Å²) in [6.45, 7) is 16.2. The Kier molecular flexibility index (Phi) is 14.4. The summed E-state index contributed by atoms with van der Waals surface area (Å²) < 4.78 is 5.70. The van der Waals surface area contributed by atoms with Crippen molar-refractivity contribution in [1.29, 1.82) is 0 Å². The van der Waals surface area contributed by atoms with Gasteiger partial charge in [-0.05, 0) is 65.7 Å². The van der Waals surface area contributed by atoms with E-state index in [4.69, 9.17) is 4.74 Å². The molecule has 0 atom stereocenters. The lowest BCUT2D eigenvalue weighted by Crippen LogP contribution is -2.34. The highest BCUT2D eigenvalue weighted by Crippen LogP contribution is 2.22. The molecule has 4 heterocycles. The number of aryl methyl sites for hydroxylation is 2. The van der Waals surface area contributed by atoms with Crippen LogP contribution in [0.5, 0.6) is 5.88 Å². The maximum atomic E-state index is 5.70. The van der Waals surface area contributed by atoms with Gasteiger partial charge in [0.1, 0.15) is 6.10 Å². The fourth-order valence-corrected chi connectivity index (χ4v) is 3.26. The highest BCUT2D eigenvalue weighted by molar-refractivity contribution is 5.08. The van der Waals surface area contributed by atoms with Crippen LogP contribution < -0.4 is 15.4 Å². The van der Waals surface area contributed by atoms with Crippen LogP contribution in [0.25, 0.3) is 0 Å². The lowest BCUT2D eigenvalue weighted by atomic mass is 9.95. The van der Waals surface area contributed by atoms with Crippen molar-refractivity contribution in [1.82, 2.24) is 30.6 Å². The van der Waals surface area contributed by atoms with E-state index in [-0.39, 0.29) is 0 Å². The summed E-state index contributed by atoms with van der Waals surface area (Å²) in [6, 6.07) is 0. The van der Waals surface area contributed by atoms with E-state index in [2.05, 4.69) is 30.6 Å². The fourth-order valence-electron chi connectivity index (χ4n) is 3.26. The maximum absolute atomic E-state index is 5.70. The summed E-state index contributed by atoms with van der Waals surface area (Å²) >= 11 is 0. The van der Waals surface area contributed by atoms with E-state index in [1.54, 1.807) is 12.4 Å². The van der Waals surface area contributed by atoms with Gasteiger partial charge >= 0.3 is 0 Å². The van der Waals surface area contributed by atoms with E-state index in [0.29, 0.717) is 17.9 Å². The zero-order valence-corrected chi connectivity index (χ0v) is 20.3. The van der Waals surface area contributed by atoms with Gasteiger partial charge in [0.05, 0.1) is 29.5 Å². The molecule has 0 spiro atoms. The Morgan fingerprint density at radius 2 is 1.19 bits per heavy atom. The van der Waals surface area contributed by atoms with Crippen molar-refractivity contribution in [2.24, 2.45) is 0 Å². The number of nitrogens with zero attached hydrogens (tertiary/aromatic N) is 4.